The Hall–Kier alpha value is -1.73. The summed E-state index contributed by atoms with van der Waals surface area (Å²) < 4.78 is 44.7. The standard InChI is InChI=1S/C14H17FN2O3S/c1-10-13(11-4-6-12(15)7-5-11)21(18,19)17-14(10)16-8-3-9-20-2/h4-7H,3,8-9H2,1-2H3,(H,16,17). The minimum Gasteiger partial charge on any atom is -0.385 e. The monoisotopic (exact) mass is 312 g/mol. The van der Waals surface area contributed by atoms with Gasteiger partial charge in [0.05, 0.1) is 0 Å². The average molecular weight is 312 g/mol. The highest BCUT2D eigenvalue weighted by molar-refractivity contribution is 8.00. The van der Waals surface area contributed by atoms with E-state index in [2.05, 4.69) is 9.71 Å². The fraction of sp³-hybridized carbons (Fsp3) is 0.357. The average Bonchev–Trinajstić information content (AvgIpc) is 2.66. The van der Waals surface area contributed by atoms with Crippen LogP contribution >= 0.6 is 0 Å². The molecule has 2 rings (SSSR count). The van der Waals surface area contributed by atoms with Crippen molar-refractivity contribution in [3.63, 3.8) is 0 Å². The second-order valence-corrected chi connectivity index (χ2v) is 6.26. The normalized spacial score (nSPS) is 19.1. The van der Waals surface area contributed by atoms with Crippen LogP contribution in [0.1, 0.15) is 18.9 Å². The molecule has 1 aromatic carbocycles. The number of sulfonamides is 1. The lowest BCUT2D eigenvalue weighted by Crippen LogP contribution is -2.23. The minimum atomic E-state index is -3.65. The summed E-state index contributed by atoms with van der Waals surface area (Å²) >= 11 is 0. The molecule has 0 atom stereocenters. The lowest BCUT2D eigenvalue weighted by atomic mass is 10.1. The third kappa shape index (κ3) is 3.48. The number of amidine groups is 1. The lowest BCUT2D eigenvalue weighted by molar-refractivity contribution is 0.197. The van der Waals surface area contributed by atoms with Crippen LogP contribution in [0.3, 0.4) is 0 Å². The van der Waals surface area contributed by atoms with Crippen LogP contribution in [0.15, 0.2) is 34.8 Å². The van der Waals surface area contributed by atoms with Gasteiger partial charge in [-0.25, -0.2) is 12.8 Å². The lowest BCUT2D eigenvalue weighted by Gasteiger charge is -2.02. The Bertz CT molecular complexity index is 679. The van der Waals surface area contributed by atoms with Gasteiger partial charge < -0.3 is 4.74 Å². The van der Waals surface area contributed by atoms with Crippen molar-refractivity contribution in [3.05, 3.63) is 41.2 Å². The Balaban J connectivity index is 2.33. The fourth-order valence-electron chi connectivity index (χ4n) is 2.09. The predicted molar refractivity (Wildman–Crippen MR) is 79.8 cm³/mol. The van der Waals surface area contributed by atoms with Crippen LogP contribution in [0.25, 0.3) is 4.91 Å². The van der Waals surface area contributed by atoms with Gasteiger partial charge in [-0.1, -0.05) is 12.1 Å². The molecule has 0 saturated carbocycles. The van der Waals surface area contributed by atoms with Crippen molar-refractivity contribution in [2.24, 2.45) is 4.99 Å². The van der Waals surface area contributed by atoms with E-state index in [1.807, 2.05) is 0 Å². The summed E-state index contributed by atoms with van der Waals surface area (Å²) in [5.41, 5.74) is 0.988. The number of rotatable bonds is 5. The molecule has 114 valence electrons. The van der Waals surface area contributed by atoms with Crippen molar-refractivity contribution in [1.82, 2.24) is 4.72 Å². The molecule has 1 aromatic rings. The molecule has 0 aromatic heterocycles. The summed E-state index contributed by atoms with van der Waals surface area (Å²) in [6.45, 7) is 2.72. The number of benzene rings is 1. The fourth-order valence-corrected chi connectivity index (χ4v) is 3.61. The third-order valence-electron chi connectivity index (χ3n) is 3.08. The Labute approximate surface area is 123 Å². The zero-order valence-electron chi connectivity index (χ0n) is 11.9. The van der Waals surface area contributed by atoms with Crippen molar-refractivity contribution in [3.8, 4) is 0 Å². The second-order valence-electron chi connectivity index (χ2n) is 4.64. The van der Waals surface area contributed by atoms with Gasteiger partial charge >= 0.3 is 0 Å². The SMILES string of the molecule is COCCCN=C1NS(=O)(=O)C(c2ccc(F)cc2)=C1C. The molecule has 0 unspecified atom stereocenters. The molecule has 0 radical (unpaired) electrons. The molecule has 0 bridgehead atoms. The Morgan fingerprint density at radius 3 is 2.57 bits per heavy atom. The van der Waals surface area contributed by atoms with E-state index in [9.17, 15) is 12.8 Å². The van der Waals surface area contributed by atoms with Gasteiger partial charge in [0.2, 0.25) is 0 Å². The molecular formula is C14H17FN2O3S. The van der Waals surface area contributed by atoms with Crippen LogP contribution in [-0.4, -0.2) is 34.5 Å². The number of hydrogen-bond donors (Lipinski definition) is 1. The van der Waals surface area contributed by atoms with Gasteiger partial charge in [-0.15, -0.1) is 0 Å². The molecular weight excluding hydrogens is 295 g/mol. The number of aliphatic imine (C=N–C) groups is 1. The van der Waals surface area contributed by atoms with Crippen molar-refractivity contribution < 1.29 is 17.5 Å². The number of halogens is 1. The maximum atomic E-state index is 13.0. The summed E-state index contributed by atoms with van der Waals surface area (Å²) in [5.74, 6) is -0.0701. The molecule has 0 amide bonds. The van der Waals surface area contributed by atoms with Gasteiger partial charge in [0.15, 0.2) is 0 Å². The molecule has 0 fully saturated rings. The maximum absolute atomic E-state index is 13.0. The van der Waals surface area contributed by atoms with E-state index >= 15 is 0 Å². The third-order valence-corrected chi connectivity index (χ3v) is 4.62. The van der Waals surface area contributed by atoms with Crippen molar-refractivity contribution in [2.45, 2.75) is 13.3 Å². The molecule has 1 N–H and O–H groups in total. The summed E-state index contributed by atoms with van der Waals surface area (Å²) in [7, 11) is -2.05. The van der Waals surface area contributed by atoms with Gasteiger partial charge in [0.25, 0.3) is 10.0 Å². The number of hydrogen-bond acceptors (Lipinski definition) is 4. The van der Waals surface area contributed by atoms with Gasteiger partial charge in [0.1, 0.15) is 16.6 Å². The summed E-state index contributed by atoms with van der Waals surface area (Å²) in [4.78, 5) is 4.39. The second kappa shape index (κ2) is 6.36. The van der Waals surface area contributed by atoms with Crippen molar-refractivity contribution in [2.75, 3.05) is 20.3 Å². The van der Waals surface area contributed by atoms with Crippen molar-refractivity contribution in [1.29, 1.82) is 0 Å². The smallest absolute Gasteiger partial charge is 0.264 e. The number of nitrogens with zero attached hydrogens (tertiary/aromatic N) is 1. The molecule has 0 saturated heterocycles. The number of nitrogens with one attached hydrogen (secondary N) is 1. The zero-order chi connectivity index (χ0) is 15.5. The van der Waals surface area contributed by atoms with E-state index in [0.29, 0.717) is 36.5 Å². The highest BCUT2D eigenvalue weighted by atomic mass is 32.2. The van der Waals surface area contributed by atoms with Crippen LogP contribution in [0.2, 0.25) is 0 Å². The highest BCUT2D eigenvalue weighted by Crippen LogP contribution is 2.29. The van der Waals surface area contributed by atoms with E-state index in [4.69, 9.17) is 4.74 Å². The molecule has 1 aliphatic rings. The molecule has 0 aliphatic carbocycles. The van der Waals surface area contributed by atoms with E-state index in [1.165, 1.54) is 24.3 Å². The molecule has 21 heavy (non-hydrogen) atoms. The molecule has 1 aliphatic heterocycles. The van der Waals surface area contributed by atoms with Gasteiger partial charge in [-0.3, -0.25) is 9.71 Å². The maximum Gasteiger partial charge on any atom is 0.264 e. The van der Waals surface area contributed by atoms with Crippen LogP contribution in [0, 0.1) is 5.82 Å². The van der Waals surface area contributed by atoms with Crippen LogP contribution in [0.5, 0.6) is 0 Å². The first-order valence-electron chi connectivity index (χ1n) is 6.49. The van der Waals surface area contributed by atoms with Crippen LogP contribution in [-0.2, 0) is 14.8 Å². The van der Waals surface area contributed by atoms with E-state index in [0.717, 1.165) is 0 Å². The van der Waals surface area contributed by atoms with Crippen LogP contribution in [0.4, 0.5) is 4.39 Å². The largest absolute Gasteiger partial charge is 0.385 e. The minimum absolute atomic E-state index is 0.146. The Morgan fingerprint density at radius 1 is 1.29 bits per heavy atom. The van der Waals surface area contributed by atoms with E-state index in [-0.39, 0.29) is 4.91 Å². The van der Waals surface area contributed by atoms with E-state index < -0.39 is 15.8 Å². The first-order chi connectivity index (χ1) is 9.95. The van der Waals surface area contributed by atoms with Crippen LogP contribution < -0.4 is 4.72 Å². The quantitative estimate of drug-likeness (QED) is 0.845. The van der Waals surface area contributed by atoms with Gasteiger partial charge in [0, 0.05) is 25.8 Å². The zero-order valence-corrected chi connectivity index (χ0v) is 12.7. The topological polar surface area (TPSA) is 67.8 Å². The Morgan fingerprint density at radius 2 is 1.95 bits per heavy atom. The summed E-state index contributed by atoms with van der Waals surface area (Å²) in [6.07, 6.45) is 0.709. The molecule has 0 spiro atoms. The first kappa shape index (κ1) is 15.7. The highest BCUT2D eigenvalue weighted by Gasteiger charge is 2.32. The van der Waals surface area contributed by atoms with Gasteiger partial charge in [-0.05, 0) is 31.0 Å². The number of methoxy groups -OCH3 is 1. The van der Waals surface area contributed by atoms with E-state index in [1.54, 1.807) is 14.0 Å². The molecule has 1 heterocycles. The summed E-state index contributed by atoms with van der Waals surface area (Å²) in [5, 5.41) is 0. The first-order valence-corrected chi connectivity index (χ1v) is 7.97. The van der Waals surface area contributed by atoms with Crippen molar-refractivity contribution >= 4 is 20.8 Å². The predicted octanol–water partition coefficient (Wildman–Crippen LogP) is 1.92. The molecule has 5 nitrogen and oxygen atoms in total. The summed E-state index contributed by atoms with van der Waals surface area (Å²) in [6, 6.07) is 5.36. The Kier molecular flexibility index (Phi) is 4.74. The number of ether oxygens (including phenoxy) is 1. The van der Waals surface area contributed by atoms with Gasteiger partial charge in [-0.2, -0.15) is 0 Å². The molecule has 7 heteroatoms.